The SMILES string of the molecule is [2H]c1c([2H])c([2H])c(N(c2ccccc2)c2ccc3c(c2)C2(c4ccccc4-c4cc(N(c5ccccc5)c5cccc6c5c5ccccc5n6-c5ccccc5)ccc42)c2ccccc2-3)c([2H])c1[2H]. The summed E-state index contributed by atoms with van der Waals surface area (Å²) in [7, 11) is 0. The van der Waals surface area contributed by atoms with Crippen molar-refractivity contribution in [3.8, 4) is 27.9 Å². The average molecular weight is 821 g/mol. The average Bonchev–Trinajstić information content (AvgIpc) is 4.01. The van der Waals surface area contributed by atoms with E-state index in [1.807, 2.05) is 41.3 Å². The number of para-hydroxylation sites is 5. The molecule has 3 nitrogen and oxygen atoms in total. The minimum Gasteiger partial charge on any atom is -0.310 e. The molecule has 0 fully saturated rings. The van der Waals surface area contributed by atoms with E-state index in [0.29, 0.717) is 11.4 Å². The van der Waals surface area contributed by atoms with E-state index in [1.54, 1.807) is 0 Å². The molecule has 1 unspecified atom stereocenters. The molecule has 1 aromatic heterocycles. The molecule has 1 spiro atoms. The highest BCUT2D eigenvalue weighted by Crippen LogP contribution is 2.64. The van der Waals surface area contributed by atoms with Gasteiger partial charge in [0.25, 0.3) is 0 Å². The quantitative estimate of drug-likeness (QED) is 0.159. The molecule has 13 rings (SSSR count). The fraction of sp³-hybridized carbons (Fsp3) is 0.0164. The molecule has 0 radical (unpaired) electrons. The van der Waals surface area contributed by atoms with Gasteiger partial charge in [0.05, 0.1) is 29.0 Å². The third-order valence-corrected chi connectivity index (χ3v) is 13.2. The van der Waals surface area contributed by atoms with Crippen molar-refractivity contribution in [2.75, 3.05) is 9.80 Å². The molecule has 11 aromatic rings. The molecule has 10 aromatic carbocycles. The van der Waals surface area contributed by atoms with Gasteiger partial charge in [0.15, 0.2) is 0 Å². The summed E-state index contributed by atoms with van der Waals surface area (Å²) in [6.45, 7) is 0. The molecule has 64 heavy (non-hydrogen) atoms. The van der Waals surface area contributed by atoms with Gasteiger partial charge in [0.2, 0.25) is 0 Å². The van der Waals surface area contributed by atoms with Gasteiger partial charge in [-0.05, 0) is 135 Å². The first kappa shape index (κ1) is 31.4. The summed E-state index contributed by atoms with van der Waals surface area (Å²) in [5.74, 6) is 0. The van der Waals surface area contributed by atoms with Gasteiger partial charge < -0.3 is 14.4 Å². The predicted octanol–water partition coefficient (Wildman–Crippen LogP) is 16.1. The lowest BCUT2D eigenvalue weighted by molar-refractivity contribution is 0.793. The van der Waals surface area contributed by atoms with E-state index in [1.165, 1.54) is 10.9 Å². The number of rotatable bonds is 7. The van der Waals surface area contributed by atoms with Gasteiger partial charge in [-0.2, -0.15) is 0 Å². The maximum atomic E-state index is 9.16. The first-order valence-corrected chi connectivity index (χ1v) is 21.7. The number of hydrogen-bond donors (Lipinski definition) is 0. The number of nitrogens with zero attached hydrogens (tertiary/aromatic N) is 3. The van der Waals surface area contributed by atoms with Crippen molar-refractivity contribution in [2.24, 2.45) is 0 Å². The van der Waals surface area contributed by atoms with Crippen LogP contribution in [0.25, 0.3) is 49.7 Å². The largest absolute Gasteiger partial charge is 0.310 e. The number of fused-ring (bicyclic) bond motifs is 13. The van der Waals surface area contributed by atoms with Crippen LogP contribution in [0.15, 0.2) is 249 Å². The molecule has 1 atom stereocenters. The van der Waals surface area contributed by atoms with Gasteiger partial charge >= 0.3 is 0 Å². The Hall–Kier alpha value is -8.40. The van der Waals surface area contributed by atoms with Crippen molar-refractivity contribution in [1.29, 1.82) is 0 Å². The van der Waals surface area contributed by atoms with Crippen LogP contribution in [-0.2, 0) is 5.41 Å². The zero-order chi connectivity index (χ0) is 46.5. The Morgan fingerprint density at radius 3 is 1.64 bits per heavy atom. The van der Waals surface area contributed by atoms with E-state index in [4.69, 9.17) is 6.85 Å². The maximum Gasteiger partial charge on any atom is 0.0726 e. The molecule has 0 amide bonds. The topological polar surface area (TPSA) is 11.4 Å². The summed E-state index contributed by atoms with van der Waals surface area (Å²) >= 11 is 0. The molecule has 300 valence electrons. The van der Waals surface area contributed by atoms with Crippen molar-refractivity contribution in [1.82, 2.24) is 4.57 Å². The van der Waals surface area contributed by atoms with Crippen molar-refractivity contribution in [3.63, 3.8) is 0 Å². The molecule has 0 bridgehead atoms. The second-order valence-electron chi connectivity index (χ2n) is 16.5. The molecule has 2 aliphatic carbocycles. The zero-order valence-corrected chi connectivity index (χ0v) is 34.6. The summed E-state index contributed by atoms with van der Waals surface area (Å²) in [4.78, 5) is 4.21. The third-order valence-electron chi connectivity index (χ3n) is 13.2. The van der Waals surface area contributed by atoms with Crippen LogP contribution in [-0.4, -0.2) is 4.57 Å². The summed E-state index contributed by atoms with van der Waals surface area (Å²) in [5, 5.41) is 2.33. The van der Waals surface area contributed by atoms with Crippen molar-refractivity contribution in [3.05, 3.63) is 271 Å². The molecular formula is C61H41N3. The van der Waals surface area contributed by atoms with Crippen molar-refractivity contribution in [2.45, 2.75) is 5.41 Å². The smallest absolute Gasteiger partial charge is 0.0726 e. The van der Waals surface area contributed by atoms with E-state index in [9.17, 15) is 0 Å². The minimum atomic E-state index is -0.741. The van der Waals surface area contributed by atoms with Crippen molar-refractivity contribution < 1.29 is 6.85 Å². The van der Waals surface area contributed by atoms with Crippen LogP contribution in [0, 0.1) is 0 Å². The Morgan fingerprint density at radius 2 is 0.906 bits per heavy atom. The molecule has 0 N–H and O–H groups in total. The van der Waals surface area contributed by atoms with Crippen LogP contribution < -0.4 is 9.80 Å². The summed E-state index contributed by atoms with van der Waals surface area (Å²) in [6, 6.07) is 75.0. The summed E-state index contributed by atoms with van der Waals surface area (Å²) < 4.78 is 46.5. The highest BCUT2D eigenvalue weighted by molar-refractivity contribution is 6.16. The second kappa shape index (κ2) is 14.3. The van der Waals surface area contributed by atoms with Crippen LogP contribution in [0.4, 0.5) is 34.1 Å². The first-order chi connectivity index (χ1) is 33.9. The molecule has 0 saturated carbocycles. The number of benzene rings is 10. The highest BCUT2D eigenvalue weighted by Gasteiger charge is 2.52. The van der Waals surface area contributed by atoms with Crippen LogP contribution in [0.3, 0.4) is 0 Å². The lowest BCUT2D eigenvalue weighted by Gasteiger charge is -2.32. The van der Waals surface area contributed by atoms with Gasteiger partial charge in [-0.25, -0.2) is 0 Å². The lowest BCUT2D eigenvalue weighted by Crippen LogP contribution is -2.26. The minimum absolute atomic E-state index is 0.0940. The molecule has 0 aliphatic heterocycles. The summed E-state index contributed by atoms with van der Waals surface area (Å²) in [6.07, 6.45) is 0. The second-order valence-corrected chi connectivity index (χ2v) is 16.5. The Balaban J connectivity index is 1.06. The molecule has 1 heterocycles. The fourth-order valence-corrected chi connectivity index (χ4v) is 10.8. The molecule has 0 saturated heterocycles. The van der Waals surface area contributed by atoms with Gasteiger partial charge in [-0.1, -0.05) is 158 Å². The van der Waals surface area contributed by atoms with Gasteiger partial charge in [0, 0.05) is 44.9 Å². The normalized spacial score (nSPS) is 15.4. The Morgan fingerprint density at radius 1 is 0.359 bits per heavy atom. The summed E-state index contributed by atoms with van der Waals surface area (Å²) in [5.41, 5.74) is 16.2. The number of hydrogen-bond acceptors (Lipinski definition) is 2. The van der Waals surface area contributed by atoms with Gasteiger partial charge in [-0.3, -0.25) is 0 Å². The van der Waals surface area contributed by atoms with Crippen LogP contribution in [0.5, 0.6) is 0 Å². The van der Waals surface area contributed by atoms with E-state index < -0.39 is 11.5 Å². The van der Waals surface area contributed by atoms with Crippen LogP contribution in [0.1, 0.15) is 29.1 Å². The molecular weight excluding hydrogens is 775 g/mol. The maximum absolute atomic E-state index is 9.16. The monoisotopic (exact) mass is 820 g/mol. The zero-order valence-electron chi connectivity index (χ0n) is 39.6. The highest BCUT2D eigenvalue weighted by atomic mass is 15.2. The van der Waals surface area contributed by atoms with E-state index in [-0.39, 0.29) is 29.9 Å². The van der Waals surface area contributed by atoms with Crippen LogP contribution in [0.2, 0.25) is 0 Å². The van der Waals surface area contributed by atoms with E-state index in [2.05, 4.69) is 191 Å². The van der Waals surface area contributed by atoms with Gasteiger partial charge in [-0.15, -0.1) is 0 Å². The lowest BCUT2D eigenvalue weighted by atomic mass is 9.70. The Bertz CT molecular complexity index is 3840. The number of aromatic nitrogens is 1. The number of anilines is 6. The predicted molar refractivity (Wildman–Crippen MR) is 266 cm³/mol. The van der Waals surface area contributed by atoms with Crippen molar-refractivity contribution >= 4 is 55.9 Å². The van der Waals surface area contributed by atoms with E-state index in [0.717, 1.165) is 78.1 Å². The Kier molecular flexibility index (Phi) is 7.04. The van der Waals surface area contributed by atoms with Crippen LogP contribution >= 0.6 is 0 Å². The first-order valence-electron chi connectivity index (χ1n) is 24.2. The van der Waals surface area contributed by atoms with Gasteiger partial charge in [0.1, 0.15) is 0 Å². The van der Waals surface area contributed by atoms with E-state index >= 15 is 0 Å². The third kappa shape index (κ3) is 5.22. The Labute approximate surface area is 380 Å². The fourth-order valence-electron chi connectivity index (χ4n) is 10.8. The molecule has 2 aliphatic rings. The molecule has 3 heteroatoms. The standard InChI is InChI=1S/C61H41N3/c1-5-20-42(21-6-1)62(43-22-7-2-8-23-43)47-36-38-50-48-28-13-16-31-53(48)61(56(50)41-47)54-32-17-14-29-49(54)52-40-46(37-39-55(52)61)63(44-24-9-3-10-25-44)58-34-19-35-59-60(58)51-30-15-18-33-57(51)64(59)45-26-11-4-12-27-45/h1-41H/i1D,5D,6D,20D,21D.